The molecule has 5 N–H and O–H groups in total. The van der Waals surface area contributed by atoms with E-state index in [2.05, 4.69) is 30.5 Å². The summed E-state index contributed by atoms with van der Waals surface area (Å²) in [6.07, 6.45) is 1.59. The quantitative estimate of drug-likeness (QED) is 0.326. The van der Waals surface area contributed by atoms with Crippen molar-refractivity contribution in [3.63, 3.8) is 0 Å². The first kappa shape index (κ1) is 22.5. The van der Waals surface area contributed by atoms with E-state index in [1.807, 2.05) is 0 Å². The van der Waals surface area contributed by atoms with Crippen LogP contribution < -0.4 is 16.8 Å². The second-order valence-corrected chi connectivity index (χ2v) is 7.85. The molecule has 2 aromatic carbocycles. The van der Waals surface area contributed by atoms with Gasteiger partial charge in [0.1, 0.15) is 5.69 Å². The van der Waals surface area contributed by atoms with Gasteiger partial charge in [0.2, 0.25) is 5.91 Å². The van der Waals surface area contributed by atoms with Gasteiger partial charge in [-0.05, 0) is 24.3 Å². The van der Waals surface area contributed by atoms with Crippen molar-refractivity contribution in [2.24, 2.45) is 10.2 Å². The third-order valence-electron chi connectivity index (χ3n) is 5.45. The van der Waals surface area contributed by atoms with Gasteiger partial charge in [-0.1, -0.05) is 30.3 Å². The standard InChI is InChI=1S/C25H18N8O3/c1-12(34)29-15-9-4-6-13-18(15)22(36)19-14(21(13)35)7-5-10-16(19)32-33-20-23(26)30-25(31-24(20)27)17-8-2-3-11-28-17/h2-11H,1H3,(H,29,34)(H4,26,27,30,31)/b33-32+. The van der Waals surface area contributed by atoms with Gasteiger partial charge < -0.3 is 16.8 Å². The Balaban J connectivity index is 1.57. The zero-order valence-electron chi connectivity index (χ0n) is 18.9. The van der Waals surface area contributed by atoms with E-state index < -0.39 is 5.78 Å². The molecule has 2 heterocycles. The number of nitrogens with two attached hydrogens (primary N) is 2. The average Bonchev–Trinajstić information content (AvgIpc) is 2.86. The van der Waals surface area contributed by atoms with Gasteiger partial charge in [0.15, 0.2) is 34.7 Å². The Bertz CT molecular complexity index is 1580. The first-order valence-corrected chi connectivity index (χ1v) is 10.7. The summed E-state index contributed by atoms with van der Waals surface area (Å²) in [5.41, 5.74) is 13.5. The molecule has 176 valence electrons. The number of amides is 1. The van der Waals surface area contributed by atoms with Crippen LogP contribution in [0, 0.1) is 0 Å². The van der Waals surface area contributed by atoms with Crippen molar-refractivity contribution in [2.45, 2.75) is 6.92 Å². The molecule has 0 bridgehead atoms. The van der Waals surface area contributed by atoms with Crippen molar-refractivity contribution >= 4 is 46.2 Å². The van der Waals surface area contributed by atoms with Crippen LogP contribution in [0.15, 0.2) is 71.0 Å². The number of azo groups is 1. The number of aromatic nitrogens is 3. The molecule has 1 aliphatic carbocycles. The molecule has 0 saturated heterocycles. The lowest BCUT2D eigenvalue weighted by atomic mass is 9.82. The first-order chi connectivity index (χ1) is 17.3. The van der Waals surface area contributed by atoms with Crippen LogP contribution in [0.3, 0.4) is 0 Å². The normalized spacial score (nSPS) is 12.4. The monoisotopic (exact) mass is 478 g/mol. The van der Waals surface area contributed by atoms with Crippen molar-refractivity contribution in [3.05, 3.63) is 83.0 Å². The minimum absolute atomic E-state index is 0.0150. The Kier molecular flexibility index (Phi) is 5.49. The summed E-state index contributed by atoms with van der Waals surface area (Å²) in [5.74, 6) is -1.05. The van der Waals surface area contributed by atoms with E-state index in [0.29, 0.717) is 5.69 Å². The summed E-state index contributed by atoms with van der Waals surface area (Å²) in [4.78, 5) is 51.0. The van der Waals surface area contributed by atoms with Gasteiger partial charge in [0, 0.05) is 24.2 Å². The number of carbonyl (C=O) groups excluding carboxylic acids is 3. The van der Waals surface area contributed by atoms with Crippen molar-refractivity contribution in [2.75, 3.05) is 16.8 Å². The largest absolute Gasteiger partial charge is 0.382 e. The van der Waals surface area contributed by atoms with Crippen LogP contribution in [-0.2, 0) is 4.79 Å². The summed E-state index contributed by atoms with van der Waals surface area (Å²) in [5, 5.41) is 10.9. The van der Waals surface area contributed by atoms with E-state index in [1.54, 1.807) is 48.7 Å². The van der Waals surface area contributed by atoms with Crippen molar-refractivity contribution in [3.8, 4) is 11.5 Å². The molecule has 0 spiro atoms. The van der Waals surface area contributed by atoms with Crippen LogP contribution in [0.1, 0.15) is 38.8 Å². The number of pyridine rings is 1. The lowest BCUT2D eigenvalue weighted by Gasteiger charge is -2.21. The average molecular weight is 478 g/mol. The number of nitrogens with one attached hydrogen (secondary N) is 1. The fourth-order valence-electron chi connectivity index (χ4n) is 3.91. The Morgan fingerprint density at radius 2 is 1.53 bits per heavy atom. The van der Waals surface area contributed by atoms with Crippen LogP contribution in [0.4, 0.5) is 28.7 Å². The fourth-order valence-corrected chi connectivity index (χ4v) is 3.91. The Morgan fingerprint density at radius 1 is 0.833 bits per heavy atom. The first-order valence-electron chi connectivity index (χ1n) is 10.7. The number of fused-ring (bicyclic) bond motifs is 2. The number of ketones is 2. The zero-order chi connectivity index (χ0) is 25.4. The van der Waals surface area contributed by atoms with Crippen LogP contribution in [0.5, 0.6) is 0 Å². The predicted molar refractivity (Wildman–Crippen MR) is 132 cm³/mol. The number of hydrogen-bond acceptors (Lipinski definition) is 10. The molecule has 5 rings (SSSR count). The molecule has 0 aliphatic heterocycles. The van der Waals surface area contributed by atoms with Gasteiger partial charge in [-0.2, -0.15) is 0 Å². The predicted octanol–water partition coefficient (Wildman–Crippen LogP) is 3.85. The van der Waals surface area contributed by atoms with Crippen molar-refractivity contribution in [1.82, 2.24) is 15.0 Å². The molecule has 11 nitrogen and oxygen atoms in total. The molecule has 0 fully saturated rings. The van der Waals surface area contributed by atoms with E-state index in [0.717, 1.165) is 0 Å². The Hall–Kier alpha value is -5.32. The molecule has 0 saturated carbocycles. The maximum absolute atomic E-state index is 13.5. The second-order valence-electron chi connectivity index (χ2n) is 7.85. The van der Waals surface area contributed by atoms with E-state index in [1.165, 1.54) is 19.1 Å². The highest BCUT2D eigenvalue weighted by Crippen LogP contribution is 2.38. The molecule has 2 aromatic heterocycles. The lowest BCUT2D eigenvalue weighted by Crippen LogP contribution is -2.23. The van der Waals surface area contributed by atoms with Crippen molar-refractivity contribution < 1.29 is 14.4 Å². The zero-order valence-corrected chi connectivity index (χ0v) is 18.9. The summed E-state index contributed by atoms with van der Waals surface area (Å²) in [6, 6.07) is 14.6. The number of hydrogen-bond donors (Lipinski definition) is 3. The van der Waals surface area contributed by atoms with Gasteiger partial charge in [0.05, 0.1) is 22.5 Å². The van der Waals surface area contributed by atoms with Gasteiger partial charge in [-0.15, -0.1) is 10.2 Å². The van der Waals surface area contributed by atoms with E-state index >= 15 is 0 Å². The minimum Gasteiger partial charge on any atom is -0.382 e. The maximum atomic E-state index is 13.5. The SMILES string of the molecule is CC(=O)Nc1cccc2c1C(=O)c1c(/N=N/c3c(N)nc(-c4ccccn4)nc3N)cccc1C2=O. The molecule has 1 amide bonds. The number of nitrogen functional groups attached to an aromatic ring is 2. The third kappa shape index (κ3) is 3.84. The molecule has 1 aliphatic rings. The number of nitrogens with zero attached hydrogens (tertiary/aromatic N) is 5. The topological polar surface area (TPSA) is 179 Å². The summed E-state index contributed by atoms with van der Waals surface area (Å²) >= 11 is 0. The van der Waals surface area contributed by atoms with Crippen LogP contribution in [0.2, 0.25) is 0 Å². The van der Waals surface area contributed by atoms with Crippen molar-refractivity contribution in [1.29, 1.82) is 0 Å². The highest BCUT2D eigenvalue weighted by molar-refractivity contribution is 6.32. The molecule has 36 heavy (non-hydrogen) atoms. The number of carbonyl (C=O) groups is 3. The van der Waals surface area contributed by atoms with Gasteiger partial charge >= 0.3 is 0 Å². The molecule has 0 unspecified atom stereocenters. The van der Waals surface area contributed by atoms with Crippen LogP contribution in [0.25, 0.3) is 11.5 Å². The van der Waals surface area contributed by atoms with Crippen LogP contribution >= 0.6 is 0 Å². The fraction of sp³-hybridized carbons (Fsp3) is 0.0400. The third-order valence-corrected chi connectivity index (χ3v) is 5.45. The number of benzene rings is 2. The van der Waals surface area contributed by atoms with E-state index in [-0.39, 0.29) is 68.5 Å². The Morgan fingerprint density at radius 3 is 2.19 bits per heavy atom. The van der Waals surface area contributed by atoms with E-state index in [9.17, 15) is 14.4 Å². The number of anilines is 3. The smallest absolute Gasteiger partial charge is 0.221 e. The van der Waals surface area contributed by atoms with Gasteiger partial charge in [0.25, 0.3) is 0 Å². The molecule has 0 atom stereocenters. The molecular formula is C25H18N8O3. The maximum Gasteiger partial charge on any atom is 0.221 e. The lowest BCUT2D eigenvalue weighted by molar-refractivity contribution is -0.114. The van der Waals surface area contributed by atoms with Gasteiger partial charge in [-0.25, -0.2) is 9.97 Å². The Labute approximate surface area is 204 Å². The molecular weight excluding hydrogens is 460 g/mol. The summed E-state index contributed by atoms with van der Waals surface area (Å²) < 4.78 is 0. The number of rotatable bonds is 4. The summed E-state index contributed by atoms with van der Waals surface area (Å²) in [7, 11) is 0. The van der Waals surface area contributed by atoms with E-state index in [4.69, 9.17) is 11.5 Å². The van der Waals surface area contributed by atoms with Gasteiger partial charge in [-0.3, -0.25) is 19.4 Å². The molecule has 4 aromatic rings. The second kappa shape index (κ2) is 8.80. The highest BCUT2D eigenvalue weighted by Gasteiger charge is 2.34. The molecule has 11 heteroatoms. The molecule has 0 radical (unpaired) electrons. The van der Waals surface area contributed by atoms with Crippen LogP contribution in [-0.4, -0.2) is 32.4 Å². The summed E-state index contributed by atoms with van der Waals surface area (Å²) in [6.45, 7) is 1.32. The minimum atomic E-state index is -0.471. The highest BCUT2D eigenvalue weighted by atomic mass is 16.2.